The van der Waals surface area contributed by atoms with Gasteiger partial charge in [0.05, 0.1) is 22.5 Å². The summed E-state index contributed by atoms with van der Waals surface area (Å²) in [5.41, 5.74) is 2.29. The number of aromatic nitrogens is 2. The molecule has 19 heavy (non-hydrogen) atoms. The Hall–Kier alpha value is -0.430. The second-order valence-corrected chi connectivity index (χ2v) is 5.96. The van der Waals surface area contributed by atoms with Crippen LogP contribution in [0.5, 0.6) is 0 Å². The minimum Gasteiger partial charge on any atom is -0.395 e. The Bertz CT molecular complexity index is 421. The first-order valence-corrected chi connectivity index (χ1v) is 7.64. The fourth-order valence-corrected chi connectivity index (χ4v) is 3.07. The molecule has 108 valence electrons. The Labute approximate surface area is 123 Å². The van der Waals surface area contributed by atoms with E-state index in [9.17, 15) is 0 Å². The molecule has 0 aliphatic carbocycles. The number of β-amino-alcohol motifs (C(OH)–C–C–N with tert-alkyl or cyclic N) is 1. The van der Waals surface area contributed by atoms with Crippen molar-refractivity contribution >= 4 is 15.9 Å². The predicted molar refractivity (Wildman–Crippen MR) is 79.1 cm³/mol. The van der Waals surface area contributed by atoms with E-state index in [1.807, 2.05) is 18.7 Å². The van der Waals surface area contributed by atoms with Crippen LogP contribution in [0, 0.1) is 6.92 Å². The zero-order valence-electron chi connectivity index (χ0n) is 11.8. The van der Waals surface area contributed by atoms with E-state index in [1.54, 1.807) is 0 Å². The van der Waals surface area contributed by atoms with Crippen LogP contribution in [-0.4, -0.2) is 64.0 Å². The summed E-state index contributed by atoms with van der Waals surface area (Å²) in [5, 5.41) is 13.5. The van der Waals surface area contributed by atoms with Crippen molar-refractivity contribution in [1.82, 2.24) is 19.6 Å². The van der Waals surface area contributed by atoms with Crippen molar-refractivity contribution in [2.75, 3.05) is 39.3 Å². The molecule has 2 rings (SSSR count). The van der Waals surface area contributed by atoms with Crippen molar-refractivity contribution in [3.63, 3.8) is 0 Å². The van der Waals surface area contributed by atoms with E-state index in [0.29, 0.717) is 0 Å². The molecular weight excluding hydrogens is 308 g/mol. The lowest BCUT2D eigenvalue weighted by Crippen LogP contribution is -2.32. The van der Waals surface area contributed by atoms with Crippen molar-refractivity contribution in [2.24, 2.45) is 7.05 Å². The van der Waals surface area contributed by atoms with Gasteiger partial charge in [-0.1, -0.05) is 0 Å². The maximum Gasteiger partial charge on any atom is 0.0739 e. The number of aliphatic hydroxyl groups excluding tert-OH is 1. The molecule has 1 aliphatic rings. The van der Waals surface area contributed by atoms with E-state index in [1.165, 1.54) is 5.69 Å². The van der Waals surface area contributed by atoms with E-state index in [0.717, 1.165) is 55.9 Å². The predicted octanol–water partition coefficient (Wildman–Crippen LogP) is 0.991. The number of halogens is 1. The maximum atomic E-state index is 9.01. The first-order chi connectivity index (χ1) is 9.11. The lowest BCUT2D eigenvalue weighted by Gasteiger charge is -2.21. The molecule has 0 aromatic carbocycles. The molecule has 0 bridgehead atoms. The highest BCUT2D eigenvalue weighted by atomic mass is 79.9. The Kier molecular flexibility index (Phi) is 5.38. The number of aryl methyl sites for hydroxylation is 2. The van der Waals surface area contributed by atoms with Crippen molar-refractivity contribution in [3.05, 3.63) is 15.9 Å². The Morgan fingerprint density at radius 1 is 1.21 bits per heavy atom. The third kappa shape index (κ3) is 3.78. The van der Waals surface area contributed by atoms with Crippen LogP contribution in [-0.2, 0) is 13.6 Å². The lowest BCUT2D eigenvalue weighted by atomic mass is 10.3. The van der Waals surface area contributed by atoms with Gasteiger partial charge in [0.1, 0.15) is 0 Å². The molecule has 1 saturated heterocycles. The van der Waals surface area contributed by atoms with Gasteiger partial charge < -0.3 is 5.11 Å². The summed E-state index contributed by atoms with van der Waals surface area (Å²) in [4.78, 5) is 4.81. The van der Waals surface area contributed by atoms with Gasteiger partial charge >= 0.3 is 0 Å². The second kappa shape index (κ2) is 6.83. The van der Waals surface area contributed by atoms with Crippen LogP contribution in [0.15, 0.2) is 4.47 Å². The van der Waals surface area contributed by atoms with Crippen LogP contribution in [0.25, 0.3) is 0 Å². The summed E-state index contributed by atoms with van der Waals surface area (Å²) < 4.78 is 3.10. The SMILES string of the molecule is Cc1nn(C)c(CN2CCCN(CCO)CC2)c1Br. The fourth-order valence-electron chi connectivity index (χ4n) is 2.61. The monoisotopic (exact) mass is 330 g/mol. The highest BCUT2D eigenvalue weighted by Crippen LogP contribution is 2.22. The van der Waals surface area contributed by atoms with E-state index in [2.05, 4.69) is 30.8 Å². The molecular formula is C13H23BrN4O. The molecule has 1 aliphatic heterocycles. The summed E-state index contributed by atoms with van der Waals surface area (Å²) in [5.74, 6) is 0. The zero-order valence-corrected chi connectivity index (χ0v) is 13.4. The topological polar surface area (TPSA) is 44.5 Å². The van der Waals surface area contributed by atoms with Gasteiger partial charge in [-0.05, 0) is 42.4 Å². The number of rotatable bonds is 4. The molecule has 1 fully saturated rings. The first kappa shape index (κ1) is 15.0. The van der Waals surface area contributed by atoms with Crippen molar-refractivity contribution in [2.45, 2.75) is 19.9 Å². The van der Waals surface area contributed by atoms with E-state index >= 15 is 0 Å². The highest BCUT2D eigenvalue weighted by molar-refractivity contribution is 9.10. The summed E-state index contributed by atoms with van der Waals surface area (Å²) in [6, 6.07) is 0. The largest absolute Gasteiger partial charge is 0.395 e. The van der Waals surface area contributed by atoms with Gasteiger partial charge in [-0.3, -0.25) is 14.5 Å². The molecule has 6 heteroatoms. The van der Waals surface area contributed by atoms with Crippen LogP contribution < -0.4 is 0 Å². The molecule has 1 aromatic heterocycles. The minimum atomic E-state index is 0.256. The normalized spacial score (nSPS) is 18.7. The number of aliphatic hydroxyl groups is 1. The van der Waals surface area contributed by atoms with Crippen LogP contribution in [0.1, 0.15) is 17.8 Å². The van der Waals surface area contributed by atoms with Crippen molar-refractivity contribution in [3.8, 4) is 0 Å². The number of nitrogens with zero attached hydrogens (tertiary/aromatic N) is 4. The van der Waals surface area contributed by atoms with Gasteiger partial charge in [0.15, 0.2) is 0 Å². The molecule has 2 heterocycles. The Morgan fingerprint density at radius 2 is 1.89 bits per heavy atom. The van der Waals surface area contributed by atoms with E-state index in [-0.39, 0.29) is 6.61 Å². The van der Waals surface area contributed by atoms with Crippen LogP contribution in [0.4, 0.5) is 0 Å². The molecule has 5 nitrogen and oxygen atoms in total. The lowest BCUT2D eigenvalue weighted by molar-refractivity contribution is 0.195. The summed E-state index contributed by atoms with van der Waals surface area (Å²) >= 11 is 3.63. The zero-order chi connectivity index (χ0) is 13.8. The number of hydrogen-bond donors (Lipinski definition) is 1. The molecule has 1 N–H and O–H groups in total. The average molecular weight is 331 g/mol. The third-order valence-corrected chi connectivity index (χ3v) is 4.76. The highest BCUT2D eigenvalue weighted by Gasteiger charge is 2.18. The van der Waals surface area contributed by atoms with Gasteiger partial charge in [-0.25, -0.2) is 0 Å². The molecule has 0 radical (unpaired) electrons. The van der Waals surface area contributed by atoms with E-state index in [4.69, 9.17) is 5.11 Å². The summed E-state index contributed by atoms with van der Waals surface area (Å²) in [7, 11) is 2.00. The van der Waals surface area contributed by atoms with Gasteiger partial charge in [-0.2, -0.15) is 5.10 Å². The minimum absolute atomic E-state index is 0.256. The molecule has 0 atom stereocenters. The van der Waals surface area contributed by atoms with Gasteiger partial charge in [0, 0.05) is 33.2 Å². The van der Waals surface area contributed by atoms with Gasteiger partial charge in [0.2, 0.25) is 0 Å². The molecule has 0 unspecified atom stereocenters. The molecule has 0 amide bonds. The first-order valence-electron chi connectivity index (χ1n) is 6.85. The smallest absolute Gasteiger partial charge is 0.0739 e. The average Bonchev–Trinajstić information content (AvgIpc) is 2.58. The van der Waals surface area contributed by atoms with Crippen LogP contribution in [0.3, 0.4) is 0 Å². The Balaban J connectivity index is 1.96. The van der Waals surface area contributed by atoms with Gasteiger partial charge in [0.25, 0.3) is 0 Å². The maximum absolute atomic E-state index is 9.01. The standard InChI is InChI=1S/C13H23BrN4O/c1-11-13(14)12(16(2)15-11)10-18-5-3-4-17(6-7-18)8-9-19/h19H,3-10H2,1-2H3. The van der Waals surface area contributed by atoms with Crippen LogP contribution >= 0.6 is 15.9 Å². The molecule has 0 saturated carbocycles. The van der Waals surface area contributed by atoms with Crippen molar-refractivity contribution < 1.29 is 5.11 Å². The van der Waals surface area contributed by atoms with Crippen molar-refractivity contribution in [1.29, 1.82) is 0 Å². The second-order valence-electron chi connectivity index (χ2n) is 5.16. The molecule has 0 spiro atoms. The number of hydrogen-bond acceptors (Lipinski definition) is 4. The quantitative estimate of drug-likeness (QED) is 0.894. The van der Waals surface area contributed by atoms with Gasteiger partial charge in [-0.15, -0.1) is 0 Å². The molecule has 1 aromatic rings. The van der Waals surface area contributed by atoms with Crippen LogP contribution in [0.2, 0.25) is 0 Å². The summed E-state index contributed by atoms with van der Waals surface area (Å²) in [6.07, 6.45) is 1.16. The third-order valence-electron chi connectivity index (χ3n) is 3.73. The van der Waals surface area contributed by atoms with E-state index < -0.39 is 0 Å². The fraction of sp³-hybridized carbons (Fsp3) is 0.769. The Morgan fingerprint density at radius 3 is 2.53 bits per heavy atom. The summed E-state index contributed by atoms with van der Waals surface area (Å²) in [6.45, 7) is 8.30.